The summed E-state index contributed by atoms with van der Waals surface area (Å²) in [6.45, 7) is 6.07. The van der Waals surface area contributed by atoms with Crippen molar-refractivity contribution in [1.29, 1.82) is 0 Å². The highest BCUT2D eigenvalue weighted by Gasteiger charge is 2.32. The van der Waals surface area contributed by atoms with Gasteiger partial charge >= 0.3 is 0 Å². The molecule has 1 aliphatic heterocycles. The van der Waals surface area contributed by atoms with Crippen molar-refractivity contribution in [3.63, 3.8) is 0 Å². The second kappa shape index (κ2) is 8.17. The van der Waals surface area contributed by atoms with Crippen LogP contribution in [-0.2, 0) is 24.2 Å². The fourth-order valence-corrected chi connectivity index (χ4v) is 5.34. The van der Waals surface area contributed by atoms with Gasteiger partial charge in [0.15, 0.2) is 5.76 Å². The van der Waals surface area contributed by atoms with Crippen LogP contribution in [0.15, 0.2) is 10.6 Å². The number of likely N-dealkylation sites (tertiary alicyclic amines) is 1. The van der Waals surface area contributed by atoms with Gasteiger partial charge in [-0.25, -0.2) is 0 Å². The lowest BCUT2D eigenvalue weighted by Gasteiger charge is -2.26. The normalized spacial score (nSPS) is 22.8. The van der Waals surface area contributed by atoms with E-state index in [0.29, 0.717) is 5.76 Å². The lowest BCUT2D eigenvalue weighted by atomic mass is 9.87. The first-order valence-electron chi connectivity index (χ1n) is 11.8. The average molecular weight is 425 g/mol. The largest absolute Gasteiger partial charge is 0.455 e. The summed E-state index contributed by atoms with van der Waals surface area (Å²) in [5.41, 5.74) is 3.81. The number of hydrogen-bond donors (Lipinski definition) is 1. The molecule has 0 atom stereocenters. The van der Waals surface area contributed by atoms with E-state index >= 15 is 0 Å². The van der Waals surface area contributed by atoms with Crippen LogP contribution < -0.4 is 5.32 Å². The van der Waals surface area contributed by atoms with E-state index in [-0.39, 0.29) is 24.4 Å². The molecule has 0 radical (unpaired) electrons. The summed E-state index contributed by atoms with van der Waals surface area (Å²) in [7, 11) is 0. The molecule has 1 saturated heterocycles. The number of aryl methyl sites for hydroxylation is 2. The highest BCUT2D eigenvalue weighted by atomic mass is 16.4. The Morgan fingerprint density at radius 1 is 1.16 bits per heavy atom. The molecule has 5 rings (SSSR count). The fourth-order valence-electron chi connectivity index (χ4n) is 5.34. The molecule has 1 saturated carbocycles. The van der Waals surface area contributed by atoms with Gasteiger partial charge in [0.2, 0.25) is 5.91 Å². The van der Waals surface area contributed by atoms with Gasteiger partial charge in [-0.3, -0.25) is 14.3 Å². The van der Waals surface area contributed by atoms with Crippen molar-refractivity contribution in [1.82, 2.24) is 20.0 Å². The van der Waals surface area contributed by atoms with Crippen LogP contribution in [0.25, 0.3) is 11.3 Å². The number of rotatable bonds is 4. The summed E-state index contributed by atoms with van der Waals surface area (Å²) in [6, 6.07) is 0.288. The lowest BCUT2D eigenvalue weighted by Crippen LogP contribution is -2.39. The second-order valence-electron chi connectivity index (χ2n) is 9.58. The standard InChI is InChI=1S/C24H32N4O3/c1-15-5-8-18(9-6-15)25-20(29)14-28-13-17-7-10-19-21(22(17)26-28)16(2)23(31-19)24(30)27-11-3-4-12-27/h13,15,18H,3-12,14H2,1-2H3,(H,25,29). The van der Waals surface area contributed by atoms with Gasteiger partial charge < -0.3 is 14.6 Å². The van der Waals surface area contributed by atoms with E-state index in [1.54, 1.807) is 4.68 Å². The summed E-state index contributed by atoms with van der Waals surface area (Å²) in [6.07, 6.45) is 10.2. The summed E-state index contributed by atoms with van der Waals surface area (Å²) >= 11 is 0. The SMILES string of the molecule is Cc1c(C(=O)N2CCCC2)oc2c1-c1nn(CC(=O)NC3CCC(C)CC3)cc1CC2. The fraction of sp³-hybridized carbons (Fsp3) is 0.625. The Bertz CT molecular complexity index is 991. The van der Waals surface area contributed by atoms with Crippen molar-refractivity contribution in [3.05, 3.63) is 28.8 Å². The highest BCUT2D eigenvalue weighted by molar-refractivity contribution is 5.95. The maximum atomic E-state index is 12.9. The summed E-state index contributed by atoms with van der Waals surface area (Å²) in [5.74, 6) is 2.08. The predicted molar refractivity (Wildman–Crippen MR) is 117 cm³/mol. The second-order valence-corrected chi connectivity index (χ2v) is 9.58. The molecule has 2 aromatic heterocycles. The zero-order valence-corrected chi connectivity index (χ0v) is 18.6. The first-order chi connectivity index (χ1) is 15.0. The summed E-state index contributed by atoms with van der Waals surface area (Å²) in [5, 5.41) is 7.92. The molecule has 7 nitrogen and oxygen atoms in total. The van der Waals surface area contributed by atoms with Crippen LogP contribution in [0.4, 0.5) is 0 Å². The number of amides is 2. The van der Waals surface area contributed by atoms with Crippen molar-refractivity contribution in [2.75, 3.05) is 13.1 Å². The minimum Gasteiger partial charge on any atom is -0.455 e. The molecule has 0 spiro atoms. The maximum Gasteiger partial charge on any atom is 0.289 e. The van der Waals surface area contributed by atoms with Crippen LogP contribution in [0, 0.1) is 12.8 Å². The highest BCUT2D eigenvalue weighted by Crippen LogP contribution is 2.38. The molecule has 1 N–H and O–H groups in total. The Hall–Kier alpha value is -2.57. The van der Waals surface area contributed by atoms with Gasteiger partial charge in [-0.05, 0) is 63.4 Å². The molecule has 2 aliphatic carbocycles. The summed E-state index contributed by atoms with van der Waals surface area (Å²) in [4.78, 5) is 27.4. The Labute approximate surface area is 183 Å². The van der Waals surface area contributed by atoms with Crippen LogP contribution in [-0.4, -0.2) is 45.6 Å². The number of furan rings is 1. The Morgan fingerprint density at radius 2 is 1.90 bits per heavy atom. The Morgan fingerprint density at radius 3 is 2.65 bits per heavy atom. The monoisotopic (exact) mass is 424 g/mol. The van der Waals surface area contributed by atoms with Gasteiger partial charge in [-0.2, -0.15) is 5.10 Å². The molecule has 0 unspecified atom stereocenters. The van der Waals surface area contributed by atoms with Gasteiger partial charge in [0, 0.05) is 42.9 Å². The number of nitrogens with one attached hydrogen (secondary N) is 1. The average Bonchev–Trinajstić information content (AvgIpc) is 3.47. The number of aromatic nitrogens is 2. The van der Waals surface area contributed by atoms with Crippen LogP contribution >= 0.6 is 0 Å². The third-order valence-electron chi connectivity index (χ3n) is 7.19. The van der Waals surface area contributed by atoms with E-state index < -0.39 is 0 Å². The van der Waals surface area contributed by atoms with Crippen molar-refractivity contribution in [2.24, 2.45) is 5.92 Å². The molecule has 3 aliphatic rings. The molecular weight excluding hydrogens is 392 g/mol. The quantitative estimate of drug-likeness (QED) is 0.815. The predicted octanol–water partition coefficient (Wildman–Crippen LogP) is 3.48. The first-order valence-corrected chi connectivity index (χ1v) is 11.8. The number of carbonyl (C=O) groups is 2. The van der Waals surface area contributed by atoms with Crippen molar-refractivity contribution < 1.29 is 14.0 Å². The van der Waals surface area contributed by atoms with E-state index in [1.165, 1.54) is 12.8 Å². The van der Waals surface area contributed by atoms with Crippen molar-refractivity contribution in [2.45, 2.75) is 77.8 Å². The van der Waals surface area contributed by atoms with E-state index in [0.717, 1.165) is 85.7 Å². The van der Waals surface area contributed by atoms with Gasteiger partial charge in [-0.15, -0.1) is 0 Å². The molecule has 31 heavy (non-hydrogen) atoms. The molecule has 0 bridgehead atoms. The van der Waals surface area contributed by atoms with Crippen molar-refractivity contribution >= 4 is 11.8 Å². The first kappa shape index (κ1) is 20.3. The third kappa shape index (κ3) is 3.90. The van der Waals surface area contributed by atoms with Crippen LogP contribution in [0.1, 0.15) is 72.9 Å². The Kier molecular flexibility index (Phi) is 5.36. The molecule has 2 fully saturated rings. The number of hydrogen-bond acceptors (Lipinski definition) is 4. The van der Waals surface area contributed by atoms with E-state index in [1.807, 2.05) is 18.0 Å². The van der Waals surface area contributed by atoms with Crippen LogP contribution in [0.5, 0.6) is 0 Å². The van der Waals surface area contributed by atoms with Gasteiger partial charge in [0.25, 0.3) is 5.91 Å². The maximum absolute atomic E-state index is 12.9. The lowest BCUT2D eigenvalue weighted by molar-refractivity contribution is -0.122. The molecule has 7 heteroatoms. The van der Waals surface area contributed by atoms with Crippen LogP contribution in [0.3, 0.4) is 0 Å². The minimum atomic E-state index is -0.00781. The zero-order valence-electron chi connectivity index (χ0n) is 18.6. The van der Waals surface area contributed by atoms with E-state index in [4.69, 9.17) is 9.52 Å². The minimum absolute atomic E-state index is 0.00781. The number of nitrogens with zero attached hydrogens (tertiary/aromatic N) is 3. The zero-order chi connectivity index (χ0) is 21.5. The van der Waals surface area contributed by atoms with Gasteiger partial charge in [0.1, 0.15) is 12.3 Å². The third-order valence-corrected chi connectivity index (χ3v) is 7.19. The molecular formula is C24H32N4O3. The van der Waals surface area contributed by atoms with Gasteiger partial charge in [-0.1, -0.05) is 6.92 Å². The van der Waals surface area contributed by atoms with Crippen molar-refractivity contribution in [3.8, 4) is 11.3 Å². The molecule has 2 amide bonds. The van der Waals surface area contributed by atoms with E-state index in [9.17, 15) is 9.59 Å². The molecule has 0 aromatic carbocycles. The number of carbonyl (C=O) groups excluding carboxylic acids is 2. The topological polar surface area (TPSA) is 80.4 Å². The van der Waals surface area contributed by atoms with Crippen LogP contribution in [0.2, 0.25) is 0 Å². The van der Waals surface area contributed by atoms with E-state index in [2.05, 4.69) is 12.2 Å². The number of fused-ring (bicyclic) bond motifs is 3. The molecule has 3 heterocycles. The van der Waals surface area contributed by atoms with Gasteiger partial charge in [0.05, 0.1) is 5.69 Å². The summed E-state index contributed by atoms with van der Waals surface area (Å²) < 4.78 is 7.79. The Balaban J connectivity index is 1.32. The molecule has 166 valence electrons. The smallest absolute Gasteiger partial charge is 0.289 e. The molecule has 2 aromatic rings.